The Morgan fingerprint density at radius 3 is 2.81 bits per heavy atom. The topological polar surface area (TPSA) is 50.1 Å². The quantitative estimate of drug-likeness (QED) is 0.805. The smallest absolute Gasteiger partial charge is 0.0641 e. The van der Waals surface area contributed by atoms with Gasteiger partial charge in [0.1, 0.15) is 0 Å². The van der Waals surface area contributed by atoms with Crippen LogP contribution in [0.15, 0.2) is 6.20 Å². The minimum atomic E-state index is -0.0535. The molecule has 0 aromatic carbocycles. The second-order valence-electron chi connectivity index (χ2n) is 4.96. The van der Waals surface area contributed by atoms with E-state index in [0.29, 0.717) is 12.0 Å². The number of nitrogens with zero attached hydrogens (tertiary/aromatic N) is 2. The average Bonchev–Trinajstić information content (AvgIpc) is 2.50. The Labute approximate surface area is 96.7 Å². The van der Waals surface area contributed by atoms with Crippen LogP contribution in [0.25, 0.3) is 0 Å². The van der Waals surface area contributed by atoms with Gasteiger partial charge in [-0.1, -0.05) is 0 Å². The molecule has 16 heavy (non-hydrogen) atoms. The van der Waals surface area contributed by atoms with Gasteiger partial charge in [0.25, 0.3) is 0 Å². The third kappa shape index (κ3) is 2.44. The van der Waals surface area contributed by atoms with E-state index in [9.17, 15) is 5.11 Å². The monoisotopic (exact) mass is 223 g/mol. The van der Waals surface area contributed by atoms with Gasteiger partial charge in [-0.05, 0) is 39.2 Å². The number of aliphatic hydroxyl groups excluding tert-OH is 1. The maximum Gasteiger partial charge on any atom is 0.0641 e. The van der Waals surface area contributed by atoms with E-state index in [4.69, 9.17) is 0 Å². The number of rotatable bonds is 4. The Morgan fingerprint density at radius 2 is 2.31 bits per heavy atom. The van der Waals surface area contributed by atoms with E-state index in [1.165, 1.54) is 5.56 Å². The molecular formula is C12H21N3O. The summed E-state index contributed by atoms with van der Waals surface area (Å²) in [4.78, 5) is 0. The van der Waals surface area contributed by atoms with Gasteiger partial charge >= 0.3 is 0 Å². The maximum absolute atomic E-state index is 9.21. The van der Waals surface area contributed by atoms with Crippen molar-refractivity contribution in [1.82, 2.24) is 15.1 Å². The van der Waals surface area contributed by atoms with Crippen LogP contribution < -0.4 is 5.32 Å². The van der Waals surface area contributed by atoms with E-state index in [-0.39, 0.29) is 6.10 Å². The van der Waals surface area contributed by atoms with Crippen molar-refractivity contribution in [3.8, 4) is 0 Å². The minimum Gasteiger partial charge on any atom is -0.393 e. The molecule has 0 spiro atoms. The lowest BCUT2D eigenvalue weighted by Gasteiger charge is -2.32. The summed E-state index contributed by atoms with van der Waals surface area (Å²) in [5, 5.41) is 17.1. The van der Waals surface area contributed by atoms with Crippen LogP contribution in [-0.4, -0.2) is 27.5 Å². The Hall–Kier alpha value is -0.870. The molecule has 1 aromatic heterocycles. The number of aromatic nitrogens is 2. The summed E-state index contributed by atoms with van der Waals surface area (Å²) in [6, 6.07) is 0.339. The zero-order valence-electron chi connectivity index (χ0n) is 10.3. The Morgan fingerprint density at radius 1 is 1.62 bits per heavy atom. The van der Waals surface area contributed by atoms with Crippen LogP contribution in [-0.2, 0) is 7.05 Å². The van der Waals surface area contributed by atoms with Crippen molar-refractivity contribution >= 4 is 0 Å². The van der Waals surface area contributed by atoms with Gasteiger partial charge in [-0.15, -0.1) is 0 Å². The molecule has 0 aliphatic heterocycles. The first-order valence-electron chi connectivity index (χ1n) is 5.98. The van der Waals surface area contributed by atoms with Crippen LogP contribution >= 0.6 is 0 Å². The SMILES string of the molecule is Cc1nn(C)cc1C(C)NCC1CC(O)C1. The molecule has 1 atom stereocenters. The highest BCUT2D eigenvalue weighted by Gasteiger charge is 2.27. The number of aryl methyl sites for hydroxylation is 2. The third-order valence-electron chi connectivity index (χ3n) is 3.44. The third-order valence-corrected chi connectivity index (χ3v) is 3.44. The standard InChI is InChI=1S/C12H21N3O/c1-8(12-7-15(3)14-9(12)2)13-6-10-4-11(16)5-10/h7-8,10-11,13,16H,4-6H2,1-3H3. The molecule has 90 valence electrons. The van der Waals surface area contributed by atoms with Gasteiger partial charge in [-0.25, -0.2) is 0 Å². The van der Waals surface area contributed by atoms with Gasteiger partial charge < -0.3 is 10.4 Å². The highest BCUT2D eigenvalue weighted by molar-refractivity contribution is 5.19. The van der Waals surface area contributed by atoms with Crippen LogP contribution in [0.1, 0.15) is 37.1 Å². The summed E-state index contributed by atoms with van der Waals surface area (Å²) in [6.07, 6.45) is 3.92. The molecule has 1 fully saturated rings. The number of hydrogen-bond donors (Lipinski definition) is 2. The highest BCUT2D eigenvalue weighted by atomic mass is 16.3. The van der Waals surface area contributed by atoms with Gasteiger partial charge in [0.2, 0.25) is 0 Å². The summed E-state index contributed by atoms with van der Waals surface area (Å²) < 4.78 is 1.86. The van der Waals surface area contributed by atoms with E-state index in [1.54, 1.807) is 0 Å². The molecule has 4 heteroatoms. The normalized spacial score (nSPS) is 26.5. The van der Waals surface area contributed by atoms with E-state index in [0.717, 1.165) is 25.1 Å². The van der Waals surface area contributed by atoms with Crippen molar-refractivity contribution in [3.05, 3.63) is 17.5 Å². The summed E-state index contributed by atoms with van der Waals surface area (Å²) in [7, 11) is 1.95. The lowest BCUT2D eigenvalue weighted by Crippen LogP contribution is -2.37. The fourth-order valence-electron chi connectivity index (χ4n) is 2.36. The average molecular weight is 223 g/mol. The molecule has 0 saturated heterocycles. The van der Waals surface area contributed by atoms with Crippen molar-refractivity contribution in [1.29, 1.82) is 0 Å². The molecule has 1 aliphatic carbocycles. The molecule has 2 N–H and O–H groups in total. The van der Waals surface area contributed by atoms with Crippen LogP contribution in [0.5, 0.6) is 0 Å². The van der Waals surface area contributed by atoms with Gasteiger partial charge in [0.15, 0.2) is 0 Å². The molecular weight excluding hydrogens is 202 g/mol. The molecule has 0 amide bonds. The van der Waals surface area contributed by atoms with Crippen molar-refractivity contribution in [2.24, 2.45) is 13.0 Å². The lowest BCUT2D eigenvalue weighted by molar-refractivity contribution is 0.0420. The van der Waals surface area contributed by atoms with Crippen molar-refractivity contribution < 1.29 is 5.11 Å². The van der Waals surface area contributed by atoms with Gasteiger partial charge in [-0.3, -0.25) is 4.68 Å². The number of nitrogens with one attached hydrogen (secondary N) is 1. The molecule has 1 saturated carbocycles. The first-order valence-corrected chi connectivity index (χ1v) is 5.98. The molecule has 0 bridgehead atoms. The fourth-order valence-corrected chi connectivity index (χ4v) is 2.36. The highest BCUT2D eigenvalue weighted by Crippen LogP contribution is 2.27. The first kappa shape index (κ1) is 11.6. The molecule has 1 unspecified atom stereocenters. The fraction of sp³-hybridized carbons (Fsp3) is 0.750. The molecule has 2 rings (SSSR count). The van der Waals surface area contributed by atoms with Crippen LogP contribution in [0.2, 0.25) is 0 Å². The van der Waals surface area contributed by atoms with Gasteiger partial charge in [0, 0.05) is 24.8 Å². The molecule has 1 aromatic rings. The van der Waals surface area contributed by atoms with Crippen molar-refractivity contribution in [2.45, 2.75) is 38.8 Å². The molecule has 0 radical (unpaired) electrons. The van der Waals surface area contributed by atoms with Gasteiger partial charge in [0.05, 0.1) is 11.8 Å². The summed E-state index contributed by atoms with van der Waals surface area (Å²) in [5.41, 5.74) is 2.36. The minimum absolute atomic E-state index is 0.0535. The van der Waals surface area contributed by atoms with Crippen LogP contribution in [0, 0.1) is 12.8 Å². The van der Waals surface area contributed by atoms with Crippen LogP contribution in [0.3, 0.4) is 0 Å². The van der Waals surface area contributed by atoms with E-state index < -0.39 is 0 Å². The predicted octanol–water partition coefficient (Wildman–Crippen LogP) is 1.15. The zero-order valence-corrected chi connectivity index (χ0v) is 10.3. The van der Waals surface area contributed by atoms with E-state index >= 15 is 0 Å². The Balaban J connectivity index is 1.83. The van der Waals surface area contributed by atoms with Crippen molar-refractivity contribution in [2.75, 3.05) is 6.54 Å². The first-order chi connectivity index (χ1) is 7.56. The second-order valence-corrected chi connectivity index (χ2v) is 4.96. The van der Waals surface area contributed by atoms with Crippen LogP contribution in [0.4, 0.5) is 0 Å². The van der Waals surface area contributed by atoms with E-state index in [1.807, 2.05) is 18.7 Å². The molecule has 4 nitrogen and oxygen atoms in total. The maximum atomic E-state index is 9.21. The summed E-state index contributed by atoms with van der Waals surface area (Å²) >= 11 is 0. The Bertz CT molecular complexity index is 355. The van der Waals surface area contributed by atoms with Crippen molar-refractivity contribution in [3.63, 3.8) is 0 Å². The lowest BCUT2D eigenvalue weighted by atomic mass is 9.82. The largest absolute Gasteiger partial charge is 0.393 e. The molecule has 1 heterocycles. The predicted molar refractivity (Wildman–Crippen MR) is 63.1 cm³/mol. The Kier molecular flexibility index (Phi) is 3.30. The summed E-state index contributed by atoms with van der Waals surface area (Å²) in [5.74, 6) is 0.648. The number of aliphatic hydroxyl groups is 1. The molecule has 1 aliphatic rings. The van der Waals surface area contributed by atoms with E-state index in [2.05, 4.69) is 23.5 Å². The summed E-state index contributed by atoms with van der Waals surface area (Å²) in [6.45, 7) is 5.20. The zero-order chi connectivity index (χ0) is 11.7. The second kappa shape index (κ2) is 4.55. The van der Waals surface area contributed by atoms with Gasteiger partial charge in [-0.2, -0.15) is 5.10 Å². The number of hydrogen-bond acceptors (Lipinski definition) is 3.